The van der Waals surface area contributed by atoms with Crippen molar-refractivity contribution in [3.8, 4) is 0 Å². The Morgan fingerprint density at radius 3 is 2.41 bits per heavy atom. The molecule has 1 saturated heterocycles. The summed E-state index contributed by atoms with van der Waals surface area (Å²) in [5.74, 6) is -1.01. The molecular formula is C11H19NO5. The zero-order valence-corrected chi connectivity index (χ0v) is 9.96. The number of likely N-dealkylation sites (tertiary alicyclic amines) is 1. The summed E-state index contributed by atoms with van der Waals surface area (Å²) in [6.45, 7) is 2.33. The number of carbonyl (C=O) groups is 2. The number of aliphatic hydroxyl groups excluding tert-OH is 1. The van der Waals surface area contributed by atoms with Gasteiger partial charge in [-0.2, -0.15) is 0 Å². The first kappa shape index (κ1) is 13.9. The molecule has 6 nitrogen and oxygen atoms in total. The van der Waals surface area contributed by atoms with Crippen molar-refractivity contribution < 1.29 is 24.5 Å². The van der Waals surface area contributed by atoms with E-state index in [-0.39, 0.29) is 24.5 Å². The SMILES string of the molecule is CC(O)C1CCN(C(=O)COCC(=O)O)CC1. The van der Waals surface area contributed by atoms with Crippen LogP contribution in [0.5, 0.6) is 0 Å². The van der Waals surface area contributed by atoms with Crippen molar-refractivity contribution in [2.45, 2.75) is 25.9 Å². The predicted molar refractivity (Wildman–Crippen MR) is 59.4 cm³/mol. The fourth-order valence-electron chi connectivity index (χ4n) is 1.95. The molecule has 0 aliphatic carbocycles. The third-order valence-electron chi connectivity index (χ3n) is 3.03. The molecule has 1 aliphatic rings. The van der Waals surface area contributed by atoms with Gasteiger partial charge in [0.2, 0.25) is 5.91 Å². The van der Waals surface area contributed by atoms with Gasteiger partial charge in [-0.3, -0.25) is 4.79 Å². The lowest BCUT2D eigenvalue weighted by Crippen LogP contribution is -2.42. The number of aliphatic carboxylic acids is 1. The van der Waals surface area contributed by atoms with Gasteiger partial charge in [-0.1, -0.05) is 0 Å². The summed E-state index contributed by atoms with van der Waals surface area (Å²) >= 11 is 0. The maximum atomic E-state index is 11.6. The largest absolute Gasteiger partial charge is 0.480 e. The van der Waals surface area contributed by atoms with Gasteiger partial charge in [0.15, 0.2) is 0 Å². The van der Waals surface area contributed by atoms with Crippen LogP contribution in [0.4, 0.5) is 0 Å². The number of carboxylic acid groups (broad SMARTS) is 1. The Bertz CT molecular complexity index is 271. The van der Waals surface area contributed by atoms with E-state index >= 15 is 0 Å². The van der Waals surface area contributed by atoms with Crippen molar-refractivity contribution in [2.75, 3.05) is 26.3 Å². The average molecular weight is 245 g/mol. The zero-order valence-electron chi connectivity index (χ0n) is 9.96. The molecule has 0 spiro atoms. The smallest absolute Gasteiger partial charge is 0.329 e. The van der Waals surface area contributed by atoms with Crippen molar-refractivity contribution in [1.29, 1.82) is 0 Å². The Labute approximate surface area is 100 Å². The Kier molecular flexibility index (Phi) is 5.37. The van der Waals surface area contributed by atoms with E-state index in [1.807, 2.05) is 0 Å². The standard InChI is InChI=1S/C11H19NO5/c1-8(13)9-2-4-12(5-3-9)10(14)6-17-7-11(15)16/h8-9,13H,2-7H2,1H3,(H,15,16). The van der Waals surface area contributed by atoms with E-state index in [0.29, 0.717) is 13.1 Å². The van der Waals surface area contributed by atoms with Crippen LogP contribution < -0.4 is 0 Å². The van der Waals surface area contributed by atoms with E-state index in [1.165, 1.54) is 0 Å². The molecule has 0 aromatic heterocycles. The Morgan fingerprint density at radius 1 is 1.35 bits per heavy atom. The van der Waals surface area contributed by atoms with Crippen LogP contribution >= 0.6 is 0 Å². The van der Waals surface area contributed by atoms with Crippen LogP contribution in [-0.2, 0) is 14.3 Å². The van der Waals surface area contributed by atoms with Crippen molar-refractivity contribution in [2.24, 2.45) is 5.92 Å². The highest BCUT2D eigenvalue weighted by molar-refractivity contribution is 5.78. The van der Waals surface area contributed by atoms with Crippen molar-refractivity contribution in [1.82, 2.24) is 4.90 Å². The third-order valence-corrected chi connectivity index (χ3v) is 3.03. The number of carbonyl (C=O) groups excluding carboxylic acids is 1. The fraction of sp³-hybridized carbons (Fsp3) is 0.818. The summed E-state index contributed by atoms with van der Waals surface area (Å²) in [5.41, 5.74) is 0. The summed E-state index contributed by atoms with van der Waals surface area (Å²) in [6.07, 6.45) is 1.22. The number of ether oxygens (including phenoxy) is 1. The van der Waals surface area contributed by atoms with Crippen molar-refractivity contribution in [3.05, 3.63) is 0 Å². The molecule has 0 aromatic carbocycles. The Morgan fingerprint density at radius 2 is 1.94 bits per heavy atom. The number of piperidine rings is 1. The van der Waals surface area contributed by atoms with Gasteiger partial charge in [-0.05, 0) is 25.7 Å². The molecule has 1 rings (SSSR count). The van der Waals surface area contributed by atoms with E-state index in [9.17, 15) is 14.7 Å². The first-order chi connectivity index (χ1) is 8.00. The Balaban J connectivity index is 2.24. The number of nitrogens with zero attached hydrogens (tertiary/aromatic N) is 1. The molecule has 17 heavy (non-hydrogen) atoms. The highest BCUT2D eigenvalue weighted by Gasteiger charge is 2.25. The third kappa shape index (κ3) is 4.70. The number of hydrogen-bond acceptors (Lipinski definition) is 4. The van der Waals surface area contributed by atoms with E-state index < -0.39 is 12.6 Å². The summed E-state index contributed by atoms with van der Waals surface area (Å²) in [6, 6.07) is 0. The van der Waals surface area contributed by atoms with Gasteiger partial charge in [0, 0.05) is 13.1 Å². The van der Waals surface area contributed by atoms with Crippen LogP contribution in [0, 0.1) is 5.92 Å². The van der Waals surface area contributed by atoms with Gasteiger partial charge in [0.05, 0.1) is 6.10 Å². The first-order valence-corrected chi connectivity index (χ1v) is 5.76. The molecule has 1 fully saturated rings. The minimum absolute atomic E-state index is 0.185. The fourth-order valence-corrected chi connectivity index (χ4v) is 1.95. The summed E-state index contributed by atoms with van der Waals surface area (Å²) in [7, 11) is 0. The molecule has 1 aliphatic heterocycles. The van der Waals surface area contributed by atoms with E-state index in [0.717, 1.165) is 12.8 Å². The number of carboxylic acids is 1. The van der Waals surface area contributed by atoms with E-state index in [1.54, 1.807) is 11.8 Å². The summed E-state index contributed by atoms with van der Waals surface area (Å²) in [5, 5.41) is 17.8. The molecule has 0 aromatic rings. The molecule has 1 amide bonds. The average Bonchev–Trinajstić information content (AvgIpc) is 2.28. The quantitative estimate of drug-likeness (QED) is 0.695. The molecule has 1 atom stereocenters. The van der Waals surface area contributed by atoms with Gasteiger partial charge in [-0.25, -0.2) is 4.79 Å². The molecule has 2 N–H and O–H groups in total. The van der Waals surface area contributed by atoms with Crippen LogP contribution in [0.15, 0.2) is 0 Å². The van der Waals surface area contributed by atoms with Gasteiger partial charge in [0.25, 0.3) is 0 Å². The lowest BCUT2D eigenvalue weighted by molar-refractivity contribution is -0.146. The number of rotatable bonds is 5. The van der Waals surface area contributed by atoms with E-state index in [2.05, 4.69) is 0 Å². The number of aliphatic hydroxyl groups is 1. The van der Waals surface area contributed by atoms with Gasteiger partial charge in [0.1, 0.15) is 13.2 Å². The van der Waals surface area contributed by atoms with Crippen molar-refractivity contribution in [3.63, 3.8) is 0 Å². The van der Waals surface area contributed by atoms with Crippen LogP contribution in [0.3, 0.4) is 0 Å². The molecule has 98 valence electrons. The molecule has 1 unspecified atom stereocenters. The van der Waals surface area contributed by atoms with Crippen LogP contribution in [-0.4, -0.2) is 59.4 Å². The zero-order chi connectivity index (χ0) is 12.8. The maximum absolute atomic E-state index is 11.6. The predicted octanol–water partition coefficient (Wildman–Crippen LogP) is -0.293. The van der Waals surface area contributed by atoms with Crippen LogP contribution in [0.25, 0.3) is 0 Å². The van der Waals surface area contributed by atoms with Gasteiger partial charge < -0.3 is 19.8 Å². The second-order valence-corrected chi connectivity index (χ2v) is 4.35. The summed E-state index contributed by atoms with van der Waals surface area (Å²) < 4.78 is 4.74. The number of amides is 1. The monoisotopic (exact) mass is 245 g/mol. The number of hydrogen-bond donors (Lipinski definition) is 2. The highest BCUT2D eigenvalue weighted by Crippen LogP contribution is 2.20. The molecule has 1 heterocycles. The molecule has 0 saturated carbocycles. The first-order valence-electron chi connectivity index (χ1n) is 5.76. The van der Waals surface area contributed by atoms with Crippen LogP contribution in [0.1, 0.15) is 19.8 Å². The molecule has 0 bridgehead atoms. The molecule has 0 radical (unpaired) electrons. The minimum Gasteiger partial charge on any atom is -0.480 e. The second kappa shape index (κ2) is 6.56. The normalized spacial score (nSPS) is 19.1. The maximum Gasteiger partial charge on any atom is 0.329 e. The lowest BCUT2D eigenvalue weighted by atomic mass is 9.92. The topological polar surface area (TPSA) is 87.1 Å². The second-order valence-electron chi connectivity index (χ2n) is 4.35. The van der Waals surface area contributed by atoms with Gasteiger partial charge >= 0.3 is 5.97 Å². The van der Waals surface area contributed by atoms with Crippen molar-refractivity contribution >= 4 is 11.9 Å². The molecular weight excluding hydrogens is 226 g/mol. The highest BCUT2D eigenvalue weighted by atomic mass is 16.5. The Hall–Kier alpha value is -1.14. The van der Waals surface area contributed by atoms with Crippen LogP contribution in [0.2, 0.25) is 0 Å². The van der Waals surface area contributed by atoms with E-state index in [4.69, 9.17) is 9.84 Å². The summed E-state index contributed by atoms with van der Waals surface area (Å²) in [4.78, 5) is 23.5. The van der Waals surface area contributed by atoms with Gasteiger partial charge in [-0.15, -0.1) is 0 Å². The minimum atomic E-state index is -1.08. The lowest BCUT2D eigenvalue weighted by Gasteiger charge is -2.33. The molecule has 6 heteroatoms.